The van der Waals surface area contributed by atoms with Gasteiger partial charge in [0.15, 0.2) is 0 Å². The van der Waals surface area contributed by atoms with Crippen LogP contribution in [0.1, 0.15) is 27.7 Å². The third-order valence-electron chi connectivity index (χ3n) is 4.46. The first kappa shape index (κ1) is 32.2. The molecule has 0 fully saturated rings. The number of rotatable bonds is 20. The number of aliphatic carboxylic acids is 1. The lowest BCUT2D eigenvalue weighted by Crippen LogP contribution is -2.46. The molecule has 0 saturated heterocycles. The van der Waals surface area contributed by atoms with Gasteiger partial charge in [-0.1, -0.05) is 0 Å². The van der Waals surface area contributed by atoms with Gasteiger partial charge in [-0.25, -0.2) is 0 Å². The van der Waals surface area contributed by atoms with Crippen molar-refractivity contribution in [1.29, 1.82) is 0 Å². The number of carbonyl (C=O) groups excluding carboxylic acids is 4. The Morgan fingerprint density at radius 3 is 1.03 bits per heavy atom. The summed E-state index contributed by atoms with van der Waals surface area (Å²) in [5.41, 5.74) is 0. The number of ether oxygens (including phenoxy) is 4. The molecule has 0 aliphatic carbocycles. The molecule has 13 nitrogen and oxygen atoms in total. The van der Waals surface area contributed by atoms with Crippen molar-refractivity contribution in [2.24, 2.45) is 0 Å². The quantitative estimate of drug-likeness (QED) is 0.163. The van der Waals surface area contributed by atoms with Crippen molar-refractivity contribution in [3.05, 3.63) is 0 Å². The Morgan fingerprint density at radius 2 is 0.743 bits per heavy atom. The lowest BCUT2D eigenvalue weighted by Gasteiger charge is -2.28. The van der Waals surface area contributed by atoms with Crippen molar-refractivity contribution in [3.8, 4) is 0 Å². The minimum Gasteiger partial charge on any atom is -0.480 e. The van der Waals surface area contributed by atoms with Gasteiger partial charge >= 0.3 is 29.8 Å². The van der Waals surface area contributed by atoms with E-state index in [-0.39, 0.29) is 85.3 Å². The highest BCUT2D eigenvalue weighted by Gasteiger charge is 2.21. The average Bonchev–Trinajstić information content (AvgIpc) is 2.75. The zero-order chi connectivity index (χ0) is 26.6. The van der Waals surface area contributed by atoms with Crippen LogP contribution in [0.15, 0.2) is 0 Å². The fourth-order valence-electron chi connectivity index (χ4n) is 3.01. The Bertz CT molecular complexity index is 654. The molecule has 0 aliphatic rings. The first-order valence-electron chi connectivity index (χ1n) is 11.7. The van der Waals surface area contributed by atoms with E-state index in [1.54, 1.807) is 37.5 Å². The highest BCUT2D eigenvalue weighted by atomic mass is 16.5. The molecule has 1 N–H and O–H groups in total. The molecule has 0 atom stereocenters. The van der Waals surface area contributed by atoms with Gasteiger partial charge in [0.1, 0.15) is 0 Å². The van der Waals surface area contributed by atoms with Crippen LogP contribution >= 0.6 is 0 Å². The Kier molecular flexibility index (Phi) is 18.0. The molecule has 0 spiro atoms. The largest absolute Gasteiger partial charge is 0.480 e. The topological polar surface area (TPSA) is 152 Å². The van der Waals surface area contributed by atoms with Gasteiger partial charge in [-0.15, -0.1) is 0 Å². The molecule has 0 rings (SSSR count). The summed E-state index contributed by atoms with van der Waals surface area (Å²) < 4.78 is 19.8. The zero-order valence-corrected chi connectivity index (χ0v) is 21.2. The van der Waals surface area contributed by atoms with E-state index in [0.717, 1.165) is 0 Å². The van der Waals surface area contributed by atoms with Crippen LogP contribution in [-0.4, -0.2) is 135 Å². The van der Waals surface area contributed by atoms with Gasteiger partial charge in [0.2, 0.25) is 0 Å². The van der Waals surface area contributed by atoms with E-state index in [9.17, 15) is 24.0 Å². The molecule has 0 aromatic carbocycles. The van der Waals surface area contributed by atoms with Crippen LogP contribution in [0, 0.1) is 0 Å². The summed E-state index contributed by atoms with van der Waals surface area (Å²) in [6.45, 7) is 7.28. The molecule has 13 heteroatoms. The monoisotopic (exact) mass is 505 g/mol. The van der Waals surface area contributed by atoms with Gasteiger partial charge in [-0.2, -0.15) is 0 Å². The summed E-state index contributed by atoms with van der Waals surface area (Å²) >= 11 is 0. The van der Waals surface area contributed by atoms with Gasteiger partial charge < -0.3 is 24.1 Å². The van der Waals surface area contributed by atoms with E-state index in [1.807, 2.05) is 0 Å². The summed E-state index contributed by atoms with van der Waals surface area (Å²) in [6, 6.07) is 0. The highest BCUT2D eigenvalue weighted by molar-refractivity contribution is 5.75. The molecular formula is C22H39N3O10. The average molecular weight is 506 g/mol. The number of nitrogens with zero attached hydrogens (tertiary/aromatic N) is 3. The zero-order valence-electron chi connectivity index (χ0n) is 21.2. The second-order valence-corrected chi connectivity index (χ2v) is 7.31. The van der Waals surface area contributed by atoms with Crippen LogP contribution in [0.4, 0.5) is 0 Å². The third kappa shape index (κ3) is 17.3. The van der Waals surface area contributed by atoms with Crippen LogP contribution in [0.5, 0.6) is 0 Å². The maximum absolute atomic E-state index is 12.1. The molecule has 35 heavy (non-hydrogen) atoms. The molecule has 0 unspecified atom stereocenters. The minimum absolute atomic E-state index is 0.0964. The van der Waals surface area contributed by atoms with Crippen molar-refractivity contribution in [2.75, 3.05) is 85.3 Å². The van der Waals surface area contributed by atoms with Crippen LogP contribution in [-0.2, 0) is 42.9 Å². The van der Waals surface area contributed by atoms with Crippen LogP contribution in [0.2, 0.25) is 0 Å². The number of carbonyl (C=O) groups is 5. The molecule has 202 valence electrons. The number of carboxylic acid groups (broad SMARTS) is 1. The Morgan fingerprint density at radius 1 is 0.486 bits per heavy atom. The second-order valence-electron chi connectivity index (χ2n) is 7.31. The number of hydrogen-bond donors (Lipinski definition) is 1. The molecule has 0 heterocycles. The fourth-order valence-corrected chi connectivity index (χ4v) is 3.01. The van der Waals surface area contributed by atoms with E-state index in [4.69, 9.17) is 24.1 Å². The van der Waals surface area contributed by atoms with Gasteiger partial charge in [0, 0.05) is 26.2 Å². The molecule has 0 aromatic rings. The molecule has 0 bridgehead atoms. The summed E-state index contributed by atoms with van der Waals surface area (Å²) in [7, 11) is 0. The molecule has 0 radical (unpaired) electrons. The smallest absolute Gasteiger partial charge is 0.320 e. The van der Waals surface area contributed by atoms with E-state index in [1.165, 1.54) is 4.90 Å². The molecule has 0 aromatic heterocycles. The lowest BCUT2D eigenvalue weighted by atomic mass is 10.3. The van der Waals surface area contributed by atoms with E-state index in [0.29, 0.717) is 0 Å². The van der Waals surface area contributed by atoms with Crippen LogP contribution in [0.3, 0.4) is 0 Å². The Balaban J connectivity index is 5.30. The van der Waals surface area contributed by atoms with Crippen molar-refractivity contribution in [1.82, 2.24) is 14.7 Å². The minimum atomic E-state index is -1.11. The van der Waals surface area contributed by atoms with Gasteiger partial charge in [-0.05, 0) is 27.7 Å². The number of esters is 4. The summed E-state index contributed by atoms with van der Waals surface area (Å²) in [6.07, 6.45) is 0. The third-order valence-corrected chi connectivity index (χ3v) is 4.46. The van der Waals surface area contributed by atoms with Crippen LogP contribution < -0.4 is 0 Å². The first-order valence-corrected chi connectivity index (χ1v) is 11.7. The second kappa shape index (κ2) is 19.5. The standard InChI is InChI=1S/C22H39N3O10/c1-5-32-19(28)14-23(9-11-24(13-18(26)27)15-20(29)33-6-2)10-12-25(16-21(30)34-7-3)17-22(31)35-8-4/h5-17H2,1-4H3,(H,26,27). The van der Waals surface area contributed by atoms with Crippen LogP contribution in [0.25, 0.3) is 0 Å². The van der Waals surface area contributed by atoms with Crippen molar-refractivity contribution < 1.29 is 48.0 Å². The molecule has 0 saturated carbocycles. The van der Waals surface area contributed by atoms with E-state index >= 15 is 0 Å². The maximum atomic E-state index is 12.1. The maximum Gasteiger partial charge on any atom is 0.320 e. The fraction of sp³-hybridized carbons (Fsp3) is 0.773. The summed E-state index contributed by atoms with van der Waals surface area (Å²) in [5, 5.41) is 9.16. The van der Waals surface area contributed by atoms with Gasteiger partial charge in [0.25, 0.3) is 0 Å². The lowest BCUT2D eigenvalue weighted by molar-refractivity contribution is -0.149. The SMILES string of the molecule is CCOC(=O)CN(CCN(CC(=O)O)CC(=O)OCC)CCN(CC(=O)OCC)CC(=O)OCC. The summed E-state index contributed by atoms with van der Waals surface area (Å²) in [5.74, 6) is -3.15. The van der Waals surface area contributed by atoms with E-state index in [2.05, 4.69) is 0 Å². The van der Waals surface area contributed by atoms with Gasteiger partial charge in [-0.3, -0.25) is 38.7 Å². The predicted octanol–water partition coefficient (Wildman–Crippen LogP) is -0.771. The van der Waals surface area contributed by atoms with Crippen molar-refractivity contribution >= 4 is 29.8 Å². The van der Waals surface area contributed by atoms with E-state index < -0.39 is 29.8 Å². The molecular weight excluding hydrogens is 466 g/mol. The first-order chi connectivity index (χ1) is 16.6. The van der Waals surface area contributed by atoms with Crippen molar-refractivity contribution in [3.63, 3.8) is 0 Å². The summed E-state index contributed by atoms with van der Waals surface area (Å²) in [4.78, 5) is 63.7. The highest BCUT2D eigenvalue weighted by Crippen LogP contribution is 2.00. The Labute approximate surface area is 206 Å². The number of carboxylic acids is 1. The van der Waals surface area contributed by atoms with Crippen molar-refractivity contribution in [2.45, 2.75) is 27.7 Å². The predicted molar refractivity (Wildman–Crippen MR) is 123 cm³/mol. The molecule has 0 amide bonds. The van der Waals surface area contributed by atoms with Gasteiger partial charge in [0.05, 0.1) is 59.2 Å². The number of hydrogen-bond acceptors (Lipinski definition) is 12. The molecule has 0 aliphatic heterocycles. The normalized spacial score (nSPS) is 10.9. The Hall–Kier alpha value is -2.77.